The summed E-state index contributed by atoms with van der Waals surface area (Å²) < 4.78 is 4.79. The van der Waals surface area contributed by atoms with E-state index in [2.05, 4.69) is 25.9 Å². The van der Waals surface area contributed by atoms with Crippen LogP contribution in [0.25, 0.3) is 0 Å². The highest BCUT2D eigenvalue weighted by Gasteiger charge is 2.11. The van der Waals surface area contributed by atoms with Crippen LogP contribution in [0.4, 0.5) is 16.2 Å². The Balaban J connectivity index is 1.94. The molecule has 1 aromatic heterocycles. The lowest BCUT2D eigenvalue weighted by atomic mass is 10.1. The lowest BCUT2D eigenvalue weighted by molar-refractivity contribution is -0.119. The molecule has 0 aliphatic rings. The number of anilines is 2. The summed E-state index contributed by atoms with van der Waals surface area (Å²) in [7, 11) is 1.45. The van der Waals surface area contributed by atoms with E-state index in [-0.39, 0.29) is 24.6 Å². The highest BCUT2D eigenvalue weighted by Crippen LogP contribution is 2.20. The molecule has 8 nitrogen and oxygen atoms in total. The summed E-state index contributed by atoms with van der Waals surface area (Å²) in [6.45, 7) is 3.74. The monoisotopic (exact) mass is 357 g/mol. The molecule has 0 spiro atoms. The highest BCUT2D eigenvalue weighted by atomic mass is 16.5. The van der Waals surface area contributed by atoms with Crippen molar-refractivity contribution in [2.45, 2.75) is 26.3 Å². The molecule has 1 unspecified atom stereocenters. The Morgan fingerprint density at radius 3 is 2.73 bits per heavy atom. The van der Waals surface area contributed by atoms with Gasteiger partial charge in [0.15, 0.2) is 0 Å². The van der Waals surface area contributed by atoms with Crippen LogP contribution in [-0.2, 0) is 16.0 Å². The van der Waals surface area contributed by atoms with Gasteiger partial charge in [-0.1, -0.05) is 6.07 Å². The summed E-state index contributed by atoms with van der Waals surface area (Å²) in [5.74, 6) is -0.260. The maximum atomic E-state index is 12.2. The Morgan fingerprint density at radius 1 is 1.23 bits per heavy atom. The van der Waals surface area contributed by atoms with Gasteiger partial charge in [0.1, 0.15) is 6.61 Å². The van der Waals surface area contributed by atoms with Gasteiger partial charge in [-0.15, -0.1) is 0 Å². The lowest BCUT2D eigenvalue weighted by Crippen LogP contribution is -2.37. The first-order valence-electron chi connectivity index (χ1n) is 8.19. The van der Waals surface area contributed by atoms with E-state index in [4.69, 9.17) is 4.74 Å². The van der Waals surface area contributed by atoms with Crippen LogP contribution < -0.4 is 16.0 Å². The zero-order valence-electron chi connectivity index (χ0n) is 15.1. The third kappa shape index (κ3) is 6.14. The smallest absolute Gasteiger partial charge is 0.319 e. The first-order chi connectivity index (χ1) is 12.5. The van der Waals surface area contributed by atoms with Crippen LogP contribution in [0.5, 0.6) is 0 Å². The third-order valence-electron chi connectivity index (χ3n) is 3.55. The number of urea groups is 1. The number of rotatable bonds is 7. The van der Waals surface area contributed by atoms with Gasteiger partial charge in [0.2, 0.25) is 5.91 Å². The molecule has 8 heteroatoms. The molecule has 1 heterocycles. The standard InChI is InChI=1S/C18H23N5O3/c1-12-4-5-14(22-17(24)11-26-3)9-16(12)23-18(25)21-13(2)8-15-10-19-6-7-20-15/h4-7,9-10,13H,8,11H2,1-3H3,(H,22,24)(H2,21,23,25). The number of benzene rings is 1. The molecule has 3 amide bonds. The van der Waals surface area contributed by atoms with Crippen LogP contribution >= 0.6 is 0 Å². The fraction of sp³-hybridized carbons (Fsp3) is 0.333. The minimum Gasteiger partial charge on any atom is -0.375 e. The summed E-state index contributed by atoms with van der Waals surface area (Å²) in [4.78, 5) is 32.0. The number of aromatic nitrogens is 2. The number of hydrogen-bond acceptors (Lipinski definition) is 5. The molecule has 2 aromatic rings. The number of nitrogens with zero attached hydrogens (tertiary/aromatic N) is 2. The average Bonchev–Trinajstić information content (AvgIpc) is 2.58. The zero-order chi connectivity index (χ0) is 18.9. The Bertz CT molecular complexity index is 752. The number of amides is 3. The summed E-state index contributed by atoms with van der Waals surface area (Å²) in [5, 5.41) is 8.37. The molecule has 0 radical (unpaired) electrons. The van der Waals surface area contributed by atoms with Crippen LogP contribution in [0.15, 0.2) is 36.8 Å². The van der Waals surface area contributed by atoms with Crippen LogP contribution in [0.1, 0.15) is 18.2 Å². The number of methoxy groups -OCH3 is 1. The van der Waals surface area contributed by atoms with E-state index in [0.29, 0.717) is 17.8 Å². The molecule has 2 rings (SSSR count). The van der Waals surface area contributed by atoms with Crippen LogP contribution in [0.2, 0.25) is 0 Å². The predicted octanol–water partition coefficient (Wildman–Crippen LogP) is 2.12. The van der Waals surface area contributed by atoms with Gasteiger partial charge in [-0.3, -0.25) is 14.8 Å². The zero-order valence-corrected chi connectivity index (χ0v) is 15.1. The van der Waals surface area contributed by atoms with Crippen molar-refractivity contribution in [3.05, 3.63) is 48.0 Å². The fourth-order valence-electron chi connectivity index (χ4n) is 2.34. The van der Waals surface area contributed by atoms with Gasteiger partial charge in [-0.05, 0) is 31.5 Å². The predicted molar refractivity (Wildman–Crippen MR) is 99.0 cm³/mol. The van der Waals surface area contributed by atoms with E-state index in [9.17, 15) is 9.59 Å². The van der Waals surface area contributed by atoms with E-state index >= 15 is 0 Å². The topological polar surface area (TPSA) is 105 Å². The lowest BCUT2D eigenvalue weighted by Gasteiger charge is -2.16. The van der Waals surface area contributed by atoms with Crippen molar-refractivity contribution >= 4 is 23.3 Å². The van der Waals surface area contributed by atoms with Gasteiger partial charge >= 0.3 is 6.03 Å². The summed E-state index contributed by atoms with van der Waals surface area (Å²) in [6.07, 6.45) is 5.48. The minimum absolute atomic E-state index is 0.0307. The fourth-order valence-corrected chi connectivity index (χ4v) is 2.34. The van der Waals surface area contributed by atoms with E-state index in [1.165, 1.54) is 7.11 Å². The molecule has 0 bridgehead atoms. The first kappa shape index (κ1) is 19.3. The normalized spacial score (nSPS) is 11.5. The molecule has 1 aromatic carbocycles. The van der Waals surface area contributed by atoms with E-state index in [1.54, 1.807) is 30.7 Å². The second-order valence-electron chi connectivity index (χ2n) is 5.91. The SMILES string of the molecule is COCC(=O)Nc1ccc(C)c(NC(=O)NC(C)Cc2cnccn2)c1. The minimum atomic E-state index is -0.329. The molecule has 1 atom stereocenters. The Kier molecular flexibility index (Phi) is 7.04. The molecule has 0 saturated heterocycles. The number of carbonyl (C=O) groups excluding carboxylic acids is 2. The number of ether oxygens (including phenoxy) is 1. The van der Waals surface area contributed by atoms with Crippen molar-refractivity contribution in [2.75, 3.05) is 24.4 Å². The number of nitrogens with one attached hydrogen (secondary N) is 3. The van der Waals surface area contributed by atoms with Crippen molar-refractivity contribution < 1.29 is 14.3 Å². The average molecular weight is 357 g/mol. The van der Waals surface area contributed by atoms with Crippen molar-refractivity contribution in [2.24, 2.45) is 0 Å². The van der Waals surface area contributed by atoms with Gasteiger partial charge in [-0.2, -0.15) is 0 Å². The second kappa shape index (κ2) is 9.47. The molecule has 26 heavy (non-hydrogen) atoms. The van der Waals surface area contributed by atoms with Crippen molar-refractivity contribution in [1.29, 1.82) is 0 Å². The molecule has 0 aliphatic carbocycles. The Morgan fingerprint density at radius 2 is 2.04 bits per heavy atom. The molecule has 0 aliphatic heterocycles. The number of carbonyl (C=O) groups is 2. The quantitative estimate of drug-likeness (QED) is 0.704. The summed E-state index contributed by atoms with van der Waals surface area (Å²) in [6, 6.07) is 4.85. The van der Waals surface area contributed by atoms with Crippen LogP contribution in [0.3, 0.4) is 0 Å². The number of aryl methyl sites for hydroxylation is 1. The largest absolute Gasteiger partial charge is 0.375 e. The van der Waals surface area contributed by atoms with Gasteiger partial charge in [-0.25, -0.2) is 4.79 Å². The first-order valence-corrected chi connectivity index (χ1v) is 8.19. The molecular formula is C18H23N5O3. The summed E-state index contributed by atoms with van der Waals surface area (Å²) in [5.41, 5.74) is 2.88. The Hall–Kier alpha value is -3.00. The molecule has 3 N–H and O–H groups in total. The second-order valence-corrected chi connectivity index (χ2v) is 5.91. The maximum absolute atomic E-state index is 12.2. The van der Waals surface area contributed by atoms with E-state index in [0.717, 1.165) is 11.3 Å². The van der Waals surface area contributed by atoms with Crippen LogP contribution in [-0.4, -0.2) is 41.7 Å². The van der Waals surface area contributed by atoms with Crippen molar-refractivity contribution in [3.8, 4) is 0 Å². The van der Waals surface area contributed by atoms with Gasteiger partial charge < -0.3 is 20.7 Å². The molecular weight excluding hydrogens is 334 g/mol. The van der Waals surface area contributed by atoms with Crippen molar-refractivity contribution in [1.82, 2.24) is 15.3 Å². The highest BCUT2D eigenvalue weighted by molar-refractivity contribution is 5.94. The molecule has 0 fully saturated rings. The van der Waals surface area contributed by atoms with E-state index in [1.807, 2.05) is 19.9 Å². The maximum Gasteiger partial charge on any atom is 0.319 e. The van der Waals surface area contributed by atoms with Crippen molar-refractivity contribution in [3.63, 3.8) is 0 Å². The van der Waals surface area contributed by atoms with Gasteiger partial charge in [0.05, 0.1) is 5.69 Å². The van der Waals surface area contributed by atoms with E-state index < -0.39 is 0 Å². The van der Waals surface area contributed by atoms with Gasteiger partial charge in [0.25, 0.3) is 0 Å². The number of hydrogen-bond donors (Lipinski definition) is 3. The third-order valence-corrected chi connectivity index (χ3v) is 3.55. The van der Waals surface area contributed by atoms with Crippen LogP contribution in [0, 0.1) is 6.92 Å². The molecule has 0 saturated carbocycles. The molecule has 138 valence electrons. The van der Waals surface area contributed by atoms with Gasteiger partial charge in [0, 0.05) is 49.5 Å². The Labute approximate surface area is 152 Å². The summed E-state index contributed by atoms with van der Waals surface area (Å²) >= 11 is 0.